The van der Waals surface area contributed by atoms with E-state index in [-0.39, 0.29) is 5.84 Å². The zero-order valence-corrected chi connectivity index (χ0v) is 13.4. The van der Waals surface area contributed by atoms with E-state index in [1.54, 1.807) is 0 Å². The molecule has 4 nitrogen and oxygen atoms in total. The van der Waals surface area contributed by atoms with Crippen LogP contribution in [0.25, 0.3) is 0 Å². The summed E-state index contributed by atoms with van der Waals surface area (Å²) in [6.07, 6.45) is 6.55. The summed E-state index contributed by atoms with van der Waals surface area (Å²) in [4.78, 5) is 2.46. The Morgan fingerprint density at radius 2 is 2.10 bits per heavy atom. The van der Waals surface area contributed by atoms with Crippen molar-refractivity contribution in [1.29, 1.82) is 0 Å². The summed E-state index contributed by atoms with van der Waals surface area (Å²) >= 11 is 3.51. The van der Waals surface area contributed by atoms with E-state index in [1.165, 1.54) is 37.8 Å². The fourth-order valence-electron chi connectivity index (χ4n) is 2.99. The average Bonchev–Trinajstić information content (AvgIpc) is 2.48. The molecule has 5 heteroatoms. The van der Waals surface area contributed by atoms with Gasteiger partial charge in [-0.15, -0.1) is 0 Å². The maximum absolute atomic E-state index is 8.77. The highest BCUT2D eigenvalue weighted by atomic mass is 79.9. The van der Waals surface area contributed by atoms with E-state index in [0.29, 0.717) is 6.04 Å². The van der Waals surface area contributed by atoms with Gasteiger partial charge in [0.25, 0.3) is 0 Å². The van der Waals surface area contributed by atoms with Gasteiger partial charge in [-0.25, -0.2) is 0 Å². The number of nitrogens with zero attached hydrogens (tertiary/aromatic N) is 2. The van der Waals surface area contributed by atoms with Crippen LogP contribution < -0.4 is 10.6 Å². The zero-order valence-electron chi connectivity index (χ0n) is 11.8. The average molecular weight is 340 g/mol. The molecule has 20 heavy (non-hydrogen) atoms. The molecule has 0 spiro atoms. The largest absolute Gasteiger partial charge is 0.409 e. The molecule has 1 saturated carbocycles. The van der Waals surface area contributed by atoms with Gasteiger partial charge in [0.05, 0.1) is 0 Å². The van der Waals surface area contributed by atoms with Gasteiger partial charge in [0.15, 0.2) is 5.84 Å². The lowest BCUT2D eigenvalue weighted by Gasteiger charge is -2.35. The zero-order chi connectivity index (χ0) is 14.5. The minimum absolute atomic E-state index is 0.129. The Balaban J connectivity index is 2.24. The molecule has 0 amide bonds. The van der Waals surface area contributed by atoms with E-state index < -0.39 is 0 Å². The Morgan fingerprint density at radius 3 is 2.65 bits per heavy atom. The molecule has 0 aliphatic heterocycles. The van der Waals surface area contributed by atoms with Gasteiger partial charge in [0.2, 0.25) is 0 Å². The maximum Gasteiger partial charge on any atom is 0.171 e. The van der Waals surface area contributed by atoms with Crippen LogP contribution in [0.15, 0.2) is 27.8 Å². The summed E-state index contributed by atoms with van der Waals surface area (Å²) in [7, 11) is 0. The molecule has 0 radical (unpaired) electrons. The second-order valence-electron chi connectivity index (χ2n) is 5.23. The summed E-state index contributed by atoms with van der Waals surface area (Å²) in [6.45, 7) is 3.19. The minimum atomic E-state index is 0.129. The van der Waals surface area contributed by atoms with E-state index in [1.807, 2.05) is 6.07 Å². The molecule has 0 atom stereocenters. The Bertz CT molecular complexity index is 484. The number of hydrogen-bond acceptors (Lipinski definition) is 3. The highest BCUT2D eigenvalue weighted by Crippen LogP contribution is 2.30. The lowest BCUT2D eigenvalue weighted by molar-refractivity contribution is 0.318. The lowest BCUT2D eigenvalue weighted by Crippen LogP contribution is -2.36. The molecule has 3 N–H and O–H groups in total. The molecule has 1 aromatic rings. The van der Waals surface area contributed by atoms with Crippen LogP contribution in [0.5, 0.6) is 0 Å². The fourth-order valence-corrected chi connectivity index (χ4v) is 3.56. The van der Waals surface area contributed by atoms with Gasteiger partial charge in [-0.05, 0) is 53.9 Å². The van der Waals surface area contributed by atoms with Crippen molar-refractivity contribution in [3.8, 4) is 0 Å². The van der Waals surface area contributed by atoms with Crippen LogP contribution in [0.1, 0.15) is 44.6 Å². The van der Waals surface area contributed by atoms with Gasteiger partial charge < -0.3 is 15.8 Å². The van der Waals surface area contributed by atoms with Gasteiger partial charge in [0.1, 0.15) is 0 Å². The van der Waals surface area contributed by atoms with Crippen LogP contribution >= 0.6 is 15.9 Å². The van der Waals surface area contributed by atoms with Crippen LogP contribution in [-0.2, 0) is 0 Å². The topological polar surface area (TPSA) is 61.8 Å². The Morgan fingerprint density at radius 1 is 1.40 bits per heavy atom. The Hall–Kier alpha value is -1.23. The Kier molecular flexibility index (Phi) is 5.29. The fraction of sp³-hybridized carbons (Fsp3) is 0.533. The number of benzene rings is 1. The van der Waals surface area contributed by atoms with E-state index in [4.69, 9.17) is 10.9 Å². The van der Waals surface area contributed by atoms with Gasteiger partial charge in [-0.2, -0.15) is 0 Å². The van der Waals surface area contributed by atoms with Crippen LogP contribution in [-0.4, -0.2) is 23.6 Å². The highest BCUT2D eigenvalue weighted by molar-refractivity contribution is 9.10. The highest BCUT2D eigenvalue weighted by Gasteiger charge is 2.21. The number of hydrogen-bond donors (Lipinski definition) is 2. The summed E-state index contributed by atoms with van der Waals surface area (Å²) in [5.41, 5.74) is 7.57. The number of halogens is 1. The molecule has 0 bridgehead atoms. The van der Waals surface area contributed by atoms with Crippen LogP contribution in [0.4, 0.5) is 5.69 Å². The first-order chi connectivity index (χ1) is 9.67. The van der Waals surface area contributed by atoms with Crippen LogP contribution in [0.2, 0.25) is 0 Å². The molecular weight excluding hydrogens is 318 g/mol. The van der Waals surface area contributed by atoms with Gasteiger partial charge in [0, 0.05) is 28.3 Å². The smallest absolute Gasteiger partial charge is 0.171 e. The van der Waals surface area contributed by atoms with E-state index in [9.17, 15) is 0 Å². The van der Waals surface area contributed by atoms with Crippen molar-refractivity contribution in [3.05, 3.63) is 28.2 Å². The molecular formula is C15H22BrN3O. The first kappa shape index (κ1) is 15.2. The minimum Gasteiger partial charge on any atom is -0.409 e. The third-order valence-electron chi connectivity index (χ3n) is 4.02. The van der Waals surface area contributed by atoms with Gasteiger partial charge >= 0.3 is 0 Å². The second kappa shape index (κ2) is 6.97. The van der Waals surface area contributed by atoms with Crippen molar-refractivity contribution >= 4 is 27.5 Å². The molecule has 110 valence electrons. The predicted molar refractivity (Wildman–Crippen MR) is 86.5 cm³/mol. The molecule has 1 fully saturated rings. The summed E-state index contributed by atoms with van der Waals surface area (Å²) in [5, 5.41) is 11.8. The summed E-state index contributed by atoms with van der Waals surface area (Å²) in [5.74, 6) is 0.129. The monoisotopic (exact) mass is 339 g/mol. The van der Waals surface area contributed by atoms with Crippen LogP contribution in [0.3, 0.4) is 0 Å². The first-order valence-corrected chi connectivity index (χ1v) is 8.00. The normalized spacial score (nSPS) is 17.2. The van der Waals surface area contributed by atoms with Crippen LogP contribution in [0, 0.1) is 0 Å². The number of rotatable bonds is 4. The van der Waals surface area contributed by atoms with Crippen molar-refractivity contribution in [2.45, 2.75) is 45.1 Å². The van der Waals surface area contributed by atoms with Crippen molar-refractivity contribution in [3.63, 3.8) is 0 Å². The third-order valence-corrected chi connectivity index (χ3v) is 4.68. The Labute approximate surface area is 128 Å². The van der Waals surface area contributed by atoms with Gasteiger partial charge in [-0.1, -0.05) is 24.4 Å². The lowest BCUT2D eigenvalue weighted by atomic mass is 9.93. The maximum atomic E-state index is 8.77. The molecule has 2 rings (SSSR count). The first-order valence-electron chi connectivity index (χ1n) is 7.21. The number of anilines is 1. The number of amidine groups is 1. The summed E-state index contributed by atoms with van der Waals surface area (Å²) in [6, 6.07) is 6.65. The van der Waals surface area contributed by atoms with Crippen molar-refractivity contribution in [1.82, 2.24) is 0 Å². The molecule has 0 heterocycles. The predicted octanol–water partition coefficient (Wildman–Crippen LogP) is 3.70. The second-order valence-corrected chi connectivity index (χ2v) is 6.08. The molecule has 1 aromatic carbocycles. The molecule has 0 aromatic heterocycles. The number of nitrogens with two attached hydrogens (primary N) is 1. The van der Waals surface area contributed by atoms with Gasteiger partial charge in [-0.3, -0.25) is 0 Å². The quantitative estimate of drug-likeness (QED) is 0.380. The van der Waals surface area contributed by atoms with Crippen molar-refractivity contribution < 1.29 is 5.21 Å². The third kappa shape index (κ3) is 3.26. The van der Waals surface area contributed by atoms with Crippen molar-refractivity contribution in [2.24, 2.45) is 10.9 Å². The van der Waals surface area contributed by atoms with E-state index >= 15 is 0 Å². The molecule has 0 unspecified atom stereocenters. The van der Waals surface area contributed by atoms with E-state index in [0.717, 1.165) is 16.6 Å². The number of oxime groups is 1. The molecule has 1 aliphatic carbocycles. The summed E-state index contributed by atoms with van der Waals surface area (Å²) < 4.78 is 0.861. The molecule has 0 saturated heterocycles. The molecule has 1 aliphatic rings. The SMILES string of the molecule is CCN(c1ccc(/C(N)=N/O)c(Br)c1)C1CCCCC1. The van der Waals surface area contributed by atoms with Crippen molar-refractivity contribution in [2.75, 3.05) is 11.4 Å². The standard InChI is InChI=1S/C15H22BrN3O/c1-2-19(11-6-4-3-5-7-11)12-8-9-13(14(16)10-12)15(17)18-20/h8-11,20H,2-7H2,1H3,(H2,17,18). The van der Waals surface area contributed by atoms with E-state index in [2.05, 4.69) is 45.0 Å².